The van der Waals surface area contributed by atoms with Crippen molar-refractivity contribution < 1.29 is 23.9 Å². The monoisotopic (exact) mass is 390 g/mol. The van der Waals surface area contributed by atoms with E-state index in [1.165, 1.54) is 6.92 Å². The zero-order valence-corrected chi connectivity index (χ0v) is 15.6. The Bertz CT molecular complexity index is 836. The Morgan fingerprint density at radius 2 is 1.59 bits per heavy atom. The number of hydrogen-bond donors (Lipinski definition) is 2. The highest BCUT2D eigenvalue weighted by Crippen LogP contribution is 2.21. The maximum Gasteiger partial charge on any atom is 0.344 e. The number of nitrogens with one attached hydrogen (secondary N) is 2. The van der Waals surface area contributed by atoms with Gasteiger partial charge in [0, 0.05) is 23.3 Å². The molecule has 27 heavy (non-hydrogen) atoms. The van der Waals surface area contributed by atoms with E-state index in [0.29, 0.717) is 22.1 Å². The quantitative estimate of drug-likeness (QED) is 0.708. The van der Waals surface area contributed by atoms with Crippen molar-refractivity contribution in [3.05, 3.63) is 53.1 Å². The molecule has 8 heteroatoms. The molecule has 0 aliphatic heterocycles. The van der Waals surface area contributed by atoms with Gasteiger partial charge in [-0.1, -0.05) is 11.6 Å². The molecule has 0 saturated heterocycles. The maximum absolute atomic E-state index is 11.8. The maximum atomic E-state index is 11.8. The van der Waals surface area contributed by atoms with Crippen LogP contribution in [0.15, 0.2) is 42.5 Å². The van der Waals surface area contributed by atoms with E-state index in [0.717, 1.165) is 5.56 Å². The van der Waals surface area contributed by atoms with E-state index in [4.69, 9.17) is 21.1 Å². The van der Waals surface area contributed by atoms with Gasteiger partial charge in [0.25, 0.3) is 5.91 Å². The van der Waals surface area contributed by atoms with Crippen LogP contribution in [-0.4, -0.2) is 31.0 Å². The molecule has 0 heterocycles. The van der Waals surface area contributed by atoms with E-state index in [9.17, 15) is 14.4 Å². The lowest BCUT2D eigenvalue weighted by atomic mass is 10.2. The van der Waals surface area contributed by atoms with Gasteiger partial charge >= 0.3 is 5.97 Å². The molecule has 0 radical (unpaired) electrons. The molecule has 0 unspecified atom stereocenters. The van der Waals surface area contributed by atoms with E-state index >= 15 is 0 Å². The topological polar surface area (TPSA) is 93.7 Å². The van der Waals surface area contributed by atoms with Gasteiger partial charge in [-0.15, -0.1) is 0 Å². The molecule has 0 fully saturated rings. The number of hydrogen-bond acceptors (Lipinski definition) is 5. The molecule has 0 aliphatic carbocycles. The summed E-state index contributed by atoms with van der Waals surface area (Å²) < 4.78 is 10.2. The van der Waals surface area contributed by atoms with Gasteiger partial charge in [-0.2, -0.15) is 0 Å². The van der Waals surface area contributed by atoms with Crippen LogP contribution in [0.25, 0.3) is 0 Å². The first kappa shape index (κ1) is 20.3. The lowest BCUT2D eigenvalue weighted by Gasteiger charge is -2.10. The van der Waals surface area contributed by atoms with Crippen molar-refractivity contribution in [2.24, 2.45) is 0 Å². The predicted molar refractivity (Wildman–Crippen MR) is 102 cm³/mol. The highest BCUT2D eigenvalue weighted by molar-refractivity contribution is 6.30. The van der Waals surface area contributed by atoms with Crippen molar-refractivity contribution in [1.82, 2.24) is 0 Å². The van der Waals surface area contributed by atoms with Crippen LogP contribution in [-0.2, 0) is 19.1 Å². The van der Waals surface area contributed by atoms with Crippen LogP contribution in [0, 0.1) is 6.92 Å². The van der Waals surface area contributed by atoms with Gasteiger partial charge < -0.3 is 20.1 Å². The van der Waals surface area contributed by atoms with Crippen LogP contribution >= 0.6 is 11.6 Å². The first-order valence-corrected chi connectivity index (χ1v) is 8.43. The number of carbonyl (C=O) groups excluding carboxylic acids is 3. The van der Waals surface area contributed by atoms with E-state index in [1.54, 1.807) is 49.4 Å². The molecule has 2 N–H and O–H groups in total. The number of benzene rings is 2. The predicted octanol–water partition coefficient (Wildman–Crippen LogP) is 3.17. The summed E-state index contributed by atoms with van der Waals surface area (Å²) in [4.78, 5) is 34.5. The van der Waals surface area contributed by atoms with Gasteiger partial charge in [-0.05, 0) is 55.0 Å². The van der Waals surface area contributed by atoms with E-state index in [2.05, 4.69) is 10.6 Å². The summed E-state index contributed by atoms with van der Waals surface area (Å²) in [6.07, 6.45) is 0. The summed E-state index contributed by atoms with van der Waals surface area (Å²) in [5, 5.41) is 5.77. The normalized spacial score (nSPS) is 10.0. The number of ether oxygens (including phenoxy) is 2. The van der Waals surface area contributed by atoms with E-state index in [1.807, 2.05) is 0 Å². The minimum atomic E-state index is -0.666. The Morgan fingerprint density at radius 1 is 0.963 bits per heavy atom. The van der Waals surface area contributed by atoms with Crippen molar-refractivity contribution in [3.63, 3.8) is 0 Å². The van der Waals surface area contributed by atoms with E-state index < -0.39 is 18.5 Å². The second-order valence-corrected chi connectivity index (χ2v) is 6.10. The minimum absolute atomic E-state index is 0.185. The standard InChI is InChI=1S/C19H19ClN2O5/c1-12-9-14(20)3-8-17(12)26-11-19(25)27-10-18(24)22-16-6-4-15(5-7-16)21-13(2)23/h3-9H,10-11H2,1-2H3,(H,21,23)(H,22,24). The molecular weight excluding hydrogens is 372 g/mol. The average molecular weight is 391 g/mol. The molecule has 0 spiro atoms. The SMILES string of the molecule is CC(=O)Nc1ccc(NC(=O)COC(=O)COc2ccc(Cl)cc2C)cc1. The van der Waals surface area contributed by atoms with Crippen LogP contribution in [0.4, 0.5) is 11.4 Å². The number of esters is 1. The fourth-order valence-corrected chi connectivity index (χ4v) is 2.36. The lowest BCUT2D eigenvalue weighted by Crippen LogP contribution is -2.23. The molecule has 2 rings (SSSR count). The smallest absolute Gasteiger partial charge is 0.344 e. The average Bonchev–Trinajstić information content (AvgIpc) is 2.60. The molecule has 0 aliphatic rings. The Balaban J connectivity index is 1.74. The second-order valence-electron chi connectivity index (χ2n) is 5.67. The van der Waals surface area contributed by atoms with Gasteiger partial charge in [0.05, 0.1) is 0 Å². The Hall–Kier alpha value is -3.06. The van der Waals surface area contributed by atoms with Gasteiger partial charge in [-0.3, -0.25) is 9.59 Å². The number of rotatable bonds is 7. The number of carbonyl (C=O) groups is 3. The number of aryl methyl sites for hydroxylation is 1. The van der Waals surface area contributed by atoms with Crippen molar-refractivity contribution in [1.29, 1.82) is 0 Å². The lowest BCUT2D eigenvalue weighted by molar-refractivity contribution is -0.149. The molecule has 2 aromatic rings. The van der Waals surface area contributed by atoms with Crippen LogP contribution < -0.4 is 15.4 Å². The third-order valence-corrected chi connectivity index (χ3v) is 3.57. The summed E-state index contributed by atoms with van der Waals surface area (Å²) >= 11 is 5.85. The molecule has 2 amide bonds. The highest BCUT2D eigenvalue weighted by atomic mass is 35.5. The zero-order chi connectivity index (χ0) is 19.8. The van der Waals surface area contributed by atoms with Gasteiger partial charge in [0.2, 0.25) is 5.91 Å². The third kappa shape index (κ3) is 6.99. The van der Waals surface area contributed by atoms with Crippen molar-refractivity contribution in [2.45, 2.75) is 13.8 Å². The highest BCUT2D eigenvalue weighted by Gasteiger charge is 2.10. The first-order valence-electron chi connectivity index (χ1n) is 8.05. The molecule has 0 bridgehead atoms. The Kier molecular flexibility index (Phi) is 7.19. The van der Waals surface area contributed by atoms with Crippen molar-refractivity contribution in [2.75, 3.05) is 23.8 Å². The largest absolute Gasteiger partial charge is 0.482 e. The molecule has 142 valence electrons. The van der Waals surface area contributed by atoms with Crippen molar-refractivity contribution in [3.8, 4) is 5.75 Å². The summed E-state index contributed by atoms with van der Waals surface area (Å²) in [5.74, 6) is -0.825. The number of amides is 2. The first-order chi connectivity index (χ1) is 12.8. The van der Waals surface area contributed by atoms with Crippen LogP contribution in [0.3, 0.4) is 0 Å². The molecule has 7 nitrogen and oxygen atoms in total. The zero-order valence-electron chi connectivity index (χ0n) is 14.9. The number of anilines is 2. The van der Waals surface area contributed by atoms with Gasteiger partial charge in [0.1, 0.15) is 5.75 Å². The van der Waals surface area contributed by atoms with Crippen molar-refractivity contribution >= 4 is 40.8 Å². The van der Waals surface area contributed by atoms with Crippen LogP contribution in [0.2, 0.25) is 5.02 Å². The molecule has 0 atom stereocenters. The van der Waals surface area contributed by atoms with Crippen LogP contribution in [0.1, 0.15) is 12.5 Å². The Labute approximate surface area is 161 Å². The molecular formula is C19H19ClN2O5. The Morgan fingerprint density at radius 3 is 2.19 bits per heavy atom. The second kappa shape index (κ2) is 9.59. The number of halogens is 1. The van der Waals surface area contributed by atoms with Gasteiger partial charge in [0.15, 0.2) is 13.2 Å². The summed E-state index contributed by atoms with van der Waals surface area (Å²) in [5.41, 5.74) is 1.91. The van der Waals surface area contributed by atoms with Gasteiger partial charge in [-0.25, -0.2) is 4.79 Å². The summed E-state index contributed by atoms with van der Waals surface area (Å²) in [6, 6.07) is 11.6. The molecule has 2 aromatic carbocycles. The fourth-order valence-electron chi connectivity index (χ4n) is 2.14. The molecule has 0 aromatic heterocycles. The third-order valence-electron chi connectivity index (χ3n) is 3.34. The molecule has 0 saturated carbocycles. The van der Waals surface area contributed by atoms with Crippen LogP contribution in [0.5, 0.6) is 5.75 Å². The summed E-state index contributed by atoms with van der Waals surface area (Å²) in [7, 11) is 0. The minimum Gasteiger partial charge on any atom is -0.482 e. The van der Waals surface area contributed by atoms with E-state index in [-0.39, 0.29) is 12.5 Å². The summed E-state index contributed by atoms with van der Waals surface area (Å²) in [6.45, 7) is 2.45. The fraction of sp³-hybridized carbons (Fsp3) is 0.211.